The summed E-state index contributed by atoms with van der Waals surface area (Å²) in [4.78, 5) is 9.38. The summed E-state index contributed by atoms with van der Waals surface area (Å²) in [6, 6.07) is 0.444. The Morgan fingerprint density at radius 2 is 2.00 bits per heavy atom. The van der Waals surface area contributed by atoms with Crippen molar-refractivity contribution in [1.29, 1.82) is 0 Å². The van der Waals surface area contributed by atoms with Gasteiger partial charge in [0.2, 0.25) is 5.89 Å². The second kappa shape index (κ2) is 5.04. The van der Waals surface area contributed by atoms with E-state index in [1.807, 2.05) is 0 Å². The van der Waals surface area contributed by atoms with Gasteiger partial charge in [-0.1, -0.05) is 5.16 Å². The monoisotopic (exact) mass is 291 g/mol. The van der Waals surface area contributed by atoms with Gasteiger partial charge < -0.3 is 15.2 Å². The first-order valence-corrected chi connectivity index (χ1v) is 8.11. The Morgan fingerprint density at radius 3 is 2.76 bits per heavy atom. The van der Waals surface area contributed by atoms with Crippen LogP contribution in [0, 0.1) is 11.8 Å². The molecule has 1 aliphatic heterocycles. The molecule has 5 atom stereocenters. The van der Waals surface area contributed by atoms with Crippen molar-refractivity contribution in [3.05, 3.63) is 11.7 Å². The van der Waals surface area contributed by atoms with Gasteiger partial charge in [-0.25, -0.2) is 0 Å². The van der Waals surface area contributed by atoms with E-state index in [-0.39, 0.29) is 18.0 Å². The summed E-state index contributed by atoms with van der Waals surface area (Å²) in [5.41, 5.74) is 6.39. The molecule has 1 saturated heterocycles. The van der Waals surface area contributed by atoms with Gasteiger partial charge in [0.05, 0.1) is 12.0 Å². The Kier molecular flexibility index (Phi) is 3.28. The van der Waals surface area contributed by atoms with E-state index in [1.165, 1.54) is 19.3 Å². The first-order chi connectivity index (χ1) is 10.1. The van der Waals surface area contributed by atoms with E-state index >= 15 is 0 Å². The van der Waals surface area contributed by atoms with Crippen LogP contribution in [0.15, 0.2) is 4.52 Å². The SMILES string of the molecule is CN1CCN(C)C(c2noc(C3C4CCC(C4)C3N)n2)C1. The van der Waals surface area contributed by atoms with Crippen LogP contribution in [0.4, 0.5) is 0 Å². The zero-order chi connectivity index (χ0) is 14.6. The zero-order valence-corrected chi connectivity index (χ0v) is 12.9. The summed E-state index contributed by atoms with van der Waals surface area (Å²) in [6.07, 6.45) is 3.79. The Balaban J connectivity index is 1.56. The maximum absolute atomic E-state index is 6.39. The second-order valence-electron chi connectivity index (χ2n) is 7.19. The van der Waals surface area contributed by atoms with Crippen LogP contribution < -0.4 is 5.73 Å². The molecule has 4 rings (SSSR count). The smallest absolute Gasteiger partial charge is 0.231 e. The molecule has 3 fully saturated rings. The van der Waals surface area contributed by atoms with E-state index in [4.69, 9.17) is 15.2 Å². The van der Waals surface area contributed by atoms with E-state index < -0.39 is 0 Å². The fourth-order valence-electron chi connectivity index (χ4n) is 4.51. The minimum absolute atomic E-state index is 0.212. The van der Waals surface area contributed by atoms with Gasteiger partial charge in [0.1, 0.15) is 0 Å². The van der Waals surface area contributed by atoms with Crippen molar-refractivity contribution < 1.29 is 4.52 Å². The van der Waals surface area contributed by atoms with Crippen molar-refractivity contribution in [3.63, 3.8) is 0 Å². The molecule has 0 radical (unpaired) electrons. The fourth-order valence-corrected chi connectivity index (χ4v) is 4.51. The highest BCUT2D eigenvalue weighted by Crippen LogP contribution is 2.51. The minimum Gasteiger partial charge on any atom is -0.339 e. The van der Waals surface area contributed by atoms with Gasteiger partial charge in [-0.05, 0) is 45.2 Å². The molecule has 2 aliphatic carbocycles. The molecule has 1 aromatic rings. The molecule has 1 aromatic heterocycles. The highest BCUT2D eigenvalue weighted by Gasteiger charge is 2.49. The Bertz CT molecular complexity index is 516. The van der Waals surface area contributed by atoms with E-state index in [2.05, 4.69) is 29.1 Å². The lowest BCUT2D eigenvalue weighted by atomic mass is 9.85. The molecule has 6 heteroatoms. The highest BCUT2D eigenvalue weighted by atomic mass is 16.5. The molecule has 0 spiro atoms. The Hall–Kier alpha value is -0.980. The van der Waals surface area contributed by atoms with Crippen LogP contribution in [0.3, 0.4) is 0 Å². The molecule has 0 aromatic carbocycles. The number of likely N-dealkylation sites (N-methyl/N-ethyl adjacent to an activating group) is 2. The van der Waals surface area contributed by atoms with E-state index in [0.29, 0.717) is 11.8 Å². The third-order valence-corrected chi connectivity index (χ3v) is 5.87. The third-order valence-electron chi connectivity index (χ3n) is 5.87. The molecule has 2 saturated carbocycles. The molecule has 2 bridgehead atoms. The molecule has 2 N–H and O–H groups in total. The van der Waals surface area contributed by atoms with Gasteiger partial charge in [0.25, 0.3) is 0 Å². The lowest BCUT2D eigenvalue weighted by Gasteiger charge is -2.35. The van der Waals surface area contributed by atoms with Gasteiger partial charge >= 0.3 is 0 Å². The number of nitrogens with zero attached hydrogens (tertiary/aromatic N) is 4. The molecule has 0 amide bonds. The number of hydrogen-bond acceptors (Lipinski definition) is 6. The number of piperazine rings is 1. The lowest BCUT2D eigenvalue weighted by molar-refractivity contribution is 0.108. The topological polar surface area (TPSA) is 71.4 Å². The molecular formula is C15H25N5O. The summed E-state index contributed by atoms with van der Waals surface area (Å²) in [5, 5.41) is 4.28. The lowest BCUT2D eigenvalue weighted by Crippen LogP contribution is -2.45. The average molecular weight is 291 g/mol. The van der Waals surface area contributed by atoms with Crippen LogP contribution in [0.2, 0.25) is 0 Å². The number of hydrogen-bond donors (Lipinski definition) is 1. The number of rotatable bonds is 2. The first-order valence-electron chi connectivity index (χ1n) is 8.11. The van der Waals surface area contributed by atoms with Gasteiger partial charge in [-0.15, -0.1) is 0 Å². The van der Waals surface area contributed by atoms with E-state index in [1.54, 1.807) is 0 Å². The number of nitrogens with two attached hydrogens (primary N) is 1. The molecule has 116 valence electrons. The normalized spacial score (nSPS) is 41.0. The van der Waals surface area contributed by atoms with Crippen LogP contribution in [0.1, 0.15) is 42.9 Å². The average Bonchev–Trinajstić information content (AvgIpc) is 3.16. The number of aromatic nitrogens is 2. The first kappa shape index (κ1) is 13.7. The van der Waals surface area contributed by atoms with Crippen LogP contribution in [-0.4, -0.2) is 59.7 Å². The molecule has 21 heavy (non-hydrogen) atoms. The van der Waals surface area contributed by atoms with Gasteiger partial charge in [0.15, 0.2) is 5.82 Å². The fraction of sp³-hybridized carbons (Fsp3) is 0.867. The highest BCUT2D eigenvalue weighted by molar-refractivity contribution is 5.12. The van der Waals surface area contributed by atoms with Crippen molar-refractivity contribution in [3.8, 4) is 0 Å². The quantitative estimate of drug-likeness (QED) is 0.870. The summed E-state index contributed by atoms with van der Waals surface area (Å²) in [7, 11) is 4.28. The third kappa shape index (κ3) is 2.20. The molecule has 5 unspecified atom stereocenters. The van der Waals surface area contributed by atoms with Gasteiger partial charge in [-0.3, -0.25) is 4.90 Å². The summed E-state index contributed by atoms with van der Waals surface area (Å²) in [5.74, 6) is 3.22. The molecule has 6 nitrogen and oxygen atoms in total. The van der Waals surface area contributed by atoms with Crippen LogP contribution in [0.25, 0.3) is 0 Å². The van der Waals surface area contributed by atoms with E-state index in [9.17, 15) is 0 Å². The van der Waals surface area contributed by atoms with Crippen molar-refractivity contribution in [1.82, 2.24) is 19.9 Å². The second-order valence-corrected chi connectivity index (χ2v) is 7.19. The molecule has 3 aliphatic rings. The predicted molar refractivity (Wildman–Crippen MR) is 78.7 cm³/mol. The van der Waals surface area contributed by atoms with Gasteiger partial charge in [0, 0.05) is 25.7 Å². The van der Waals surface area contributed by atoms with Crippen molar-refractivity contribution in [2.45, 2.75) is 37.3 Å². The minimum atomic E-state index is 0.212. The van der Waals surface area contributed by atoms with Gasteiger partial charge in [-0.2, -0.15) is 4.98 Å². The summed E-state index contributed by atoms with van der Waals surface area (Å²) in [6.45, 7) is 3.09. The standard InChI is InChI=1S/C15H25N5O/c1-19-5-6-20(2)11(8-19)14-17-15(21-18-14)12-9-3-4-10(7-9)13(12)16/h9-13H,3-8,16H2,1-2H3. The van der Waals surface area contributed by atoms with Crippen LogP contribution in [0.5, 0.6) is 0 Å². The maximum Gasteiger partial charge on any atom is 0.231 e. The van der Waals surface area contributed by atoms with Crippen molar-refractivity contribution >= 4 is 0 Å². The predicted octanol–water partition coefficient (Wildman–Crippen LogP) is 0.829. The molecule has 2 heterocycles. The number of fused-ring (bicyclic) bond motifs is 2. The molecular weight excluding hydrogens is 266 g/mol. The largest absolute Gasteiger partial charge is 0.339 e. The Labute approximate surface area is 125 Å². The van der Waals surface area contributed by atoms with Crippen molar-refractivity contribution in [2.24, 2.45) is 17.6 Å². The summed E-state index contributed by atoms with van der Waals surface area (Å²) < 4.78 is 5.62. The maximum atomic E-state index is 6.39. The Morgan fingerprint density at radius 1 is 1.19 bits per heavy atom. The van der Waals surface area contributed by atoms with Crippen LogP contribution in [-0.2, 0) is 0 Å². The zero-order valence-electron chi connectivity index (χ0n) is 12.9. The van der Waals surface area contributed by atoms with Crippen molar-refractivity contribution in [2.75, 3.05) is 33.7 Å². The van der Waals surface area contributed by atoms with E-state index in [0.717, 1.165) is 31.3 Å². The van der Waals surface area contributed by atoms with Crippen LogP contribution >= 0.6 is 0 Å². The summed E-state index contributed by atoms with van der Waals surface area (Å²) >= 11 is 0.